The standard InChI is InChI=1S/C74H118NO8P/c1-6-8-10-12-14-16-18-20-22-24-26-28-30-32-34-35-36-37-38-39-41-43-45-47-49-51-53-55-57-59-61-63-65-67-74(77)83-72(71-82-84(78,79)81-69-68-75(3,4)5)70-80-73(76)66-64-62-60-58-56-54-52-50-48-46-44-42-40-33-31-29-27-25-23-21-19-17-15-13-11-9-7-2/h8-11,14-17,20-23,26-29,32-34,36-37,39-41,44-47,50,52,72H,6-7,12-13,18-19,24-25,30-31,35,38,42-43,48-49,51,53-71H2,1-5H3/b10-8-,11-9-,16-14-,17-15-,22-20-,23-21-,28-26-,29-27-,34-32-,37-36-,40-33-,41-39-,46-44-,47-45-,52-50-. The van der Waals surface area contributed by atoms with E-state index in [2.05, 4.69) is 196 Å². The predicted molar refractivity (Wildman–Crippen MR) is 359 cm³/mol. The van der Waals surface area contributed by atoms with Crippen molar-refractivity contribution in [2.75, 3.05) is 47.5 Å². The molecule has 0 radical (unpaired) electrons. The molecule has 0 heterocycles. The van der Waals surface area contributed by atoms with Crippen LogP contribution in [0.3, 0.4) is 0 Å². The van der Waals surface area contributed by atoms with Crippen LogP contribution in [0.25, 0.3) is 0 Å². The number of allylic oxidation sites excluding steroid dienone is 30. The molecule has 472 valence electrons. The summed E-state index contributed by atoms with van der Waals surface area (Å²) < 4.78 is 34.2. The summed E-state index contributed by atoms with van der Waals surface area (Å²) >= 11 is 0. The third-order valence-corrected chi connectivity index (χ3v) is 13.9. The van der Waals surface area contributed by atoms with E-state index in [1.165, 1.54) is 25.7 Å². The molecule has 0 aromatic heterocycles. The Morgan fingerprint density at radius 2 is 0.643 bits per heavy atom. The minimum Gasteiger partial charge on any atom is -0.756 e. The molecule has 0 aliphatic carbocycles. The smallest absolute Gasteiger partial charge is 0.306 e. The lowest BCUT2D eigenvalue weighted by Gasteiger charge is -2.28. The van der Waals surface area contributed by atoms with Crippen LogP contribution in [0.4, 0.5) is 0 Å². The van der Waals surface area contributed by atoms with Crippen molar-refractivity contribution in [1.82, 2.24) is 0 Å². The Morgan fingerprint density at radius 1 is 0.369 bits per heavy atom. The van der Waals surface area contributed by atoms with E-state index in [1.54, 1.807) is 0 Å². The van der Waals surface area contributed by atoms with Gasteiger partial charge in [-0.15, -0.1) is 0 Å². The molecule has 0 aliphatic rings. The fourth-order valence-electron chi connectivity index (χ4n) is 8.00. The first-order valence-corrected chi connectivity index (χ1v) is 34.0. The predicted octanol–water partition coefficient (Wildman–Crippen LogP) is 20.5. The largest absolute Gasteiger partial charge is 0.756 e. The van der Waals surface area contributed by atoms with Crippen molar-refractivity contribution in [1.29, 1.82) is 0 Å². The number of quaternary nitrogens is 1. The molecule has 0 saturated heterocycles. The molecule has 0 aromatic carbocycles. The SMILES string of the molecule is CC/C=C\C/C=C\C/C=C\C/C=C\C/C=C\C/C=C\C/C=C\C/C=C\CCCCCCCCCCC(=O)OC(COC(=O)CCCCCCC/C=C\C/C=C\C/C=C\C/C=C\C/C=C\C/C=C\C/C=C\CC)COP(=O)([O-])OCC[N+](C)(C)C. The van der Waals surface area contributed by atoms with Gasteiger partial charge < -0.3 is 27.9 Å². The maximum atomic E-state index is 12.8. The zero-order chi connectivity index (χ0) is 61.2. The molecule has 9 nitrogen and oxygen atoms in total. The topological polar surface area (TPSA) is 111 Å². The van der Waals surface area contributed by atoms with Crippen molar-refractivity contribution in [3.05, 3.63) is 182 Å². The van der Waals surface area contributed by atoms with Gasteiger partial charge in [-0.2, -0.15) is 0 Å². The quantitative estimate of drug-likeness (QED) is 0.0195. The van der Waals surface area contributed by atoms with Crippen LogP contribution in [0.15, 0.2) is 182 Å². The molecule has 0 amide bonds. The van der Waals surface area contributed by atoms with E-state index < -0.39 is 32.5 Å². The van der Waals surface area contributed by atoms with Crippen molar-refractivity contribution in [3.63, 3.8) is 0 Å². The lowest BCUT2D eigenvalue weighted by molar-refractivity contribution is -0.870. The second-order valence-electron chi connectivity index (χ2n) is 22.0. The number of carbonyl (C=O) groups is 2. The monoisotopic (exact) mass is 1180 g/mol. The summed E-state index contributed by atoms with van der Waals surface area (Å²) in [7, 11) is 1.12. The minimum absolute atomic E-state index is 0.0470. The molecular weight excluding hydrogens is 1060 g/mol. The molecule has 0 fully saturated rings. The number of hydrogen-bond donors (Lipinski definition) is 0. The van der Waals surface area contributed by atoms with Gasteiger partial charge in [0, 0.05) is 12.8 Å². The maximum Gasteiger partial charge on any atom is 0.306 e. The summed E-state index contributed by atoms with van der Waals surface area (Å²) in [5.74, 6) is -0.880. The number of carbonyl (C=O) groups excluding carboxylic acids is 2. The minimum atomic E-state index is -4.66. The van der Waals surface area contributed by atoms with E-state index in [0.717, 1.165) is 154 Å². The third-order valence-electron chi connectivity index (χ3n) is 12.9. The summed E-state index contributed by atoms with van der Waals surface area (Å²) in [4.78, 5) is 38.0. The molecule has 84 heavy (non-hydrogen) atoms. The molecule has 2 unspecified atom stereocenters. The molecule has 0 bridgehead atoms. The van der Waals surface area contributed by atoms with Gasteiger partial charge in [0.2, 0.25) is 0 Å². The van der Waals surface area contributed by atoms with Gasteiger partial charge in [0.25, 0.3) is 7.82 Å². The van der Waals surface area contributed by atoms with E-state index in [4.69, 9.17) is 18.5 Å². The van der Waals surface area contributed by atoms with Crippen LogP contribution in [0, 0.1) is 0 Å². The molecule has 0 N–H and O–H groups in total. The number of unbranched alkanes of at least 4 members (excludes halogenated alkanes) is 13. The number of phosphoric ester groups is 1. The number of phosphoric acid groups is 1. The molecular formula is C74H118NO8P. The first kappa shape index (κ1) is 79.1. The summed E-state index contributed by atoms with van der Waals surface area (Å²) in [5, 5.41) is 0. The maximum absolute atomic E-state index is 12.8. The molecule has 0 saturated carbocycles. The van der Waals surface area contributed by atoms with Gasteiger partial charge in [0.05, 0.1) is 27.7 Å². The summed E-state index contributed by atoms with van der Waals surface area (Å²) in [6.07, 6.45) is 96.6. The number of nitrogens with zero attached hydrogens (tertiary/aromatic N) is 1. The van der Waals surface area contributed by atoms with Gasteiger partial charge in [0.15, 0.2) is 6.10 Å². The Hall–Kier alpha value is -4.89. The fourth-order valence-corrected chi connectivity index (χ4v) is 8.73. The van der Waals surface area contributed by atoms with Gasteiger partial charge in [-0.3, -0.25) is 14.2 Å². The Balaban J connectivity index is 4.24. The lowest BCUT2D eigenvalue weighted by Crippen LogP contribution is -2.37. The molecule has 0 aromatic rings. The van der Waals surface area contributed by atoms with Crippen molar-refractivity contribution in [2.24, 2.45) is 0 Å². The molecule has 10 heteroatoms. The number of likely N-dealkylation sites (N-methyl/N-ethyl adjacent to an activating group) is 1. The normalized spacial score (nSPS) is 14.4. The lowest BCUT2D eigenvalue weighted by atomic mass is 10.1. The van der Waals surface area contributed by atoms with Gasteiger partial charge in [-0.05, 0) is 135 Å². The van der Waals surface area contributed by atoms with Crippen LogP contribution in [-0.4, -0.2) is 70.0 Å². The van der Waals surface area contributed by atoms with E-state index in [-0.39, 0.29) is 26.1 Å². The van der Waals surface area contributed by atoms with Crippen molar-refractivity contribution < 1.29 is 42.1 Å². The first-order valence-electron chi connectivity index (χ1n) is 32.5. The Morgan fingerprint density at radius 3 is 0.952 bits per heavy atom. The molecule has 0 aliphatic heterocycles. The van der Waals surface area contributed by atoms with E-state index in [0.29, 0.717) is 23.9 Å². The van der Waals surface area contributed by atoms with Gasteiger partial charge >= 0.3 is 11.9 Å². The highest BCUT2D eigenvalue weighted by atomic mass is 31.2. The molecule has 0 rings (SSSR count). The van der Waals surface area contributed by atoms with Crippen LogP contribution in [0.1, 0.15) is 219 Å². The summed E-state index contributed by atoms with van der Waals surface area (Å²) in [6.45, 7) is 3.95. The number of rotatable bonds is 57. The zero-order valence-corrected chi connectivity index (χ0v) is 54.4. The van der Waals surface area contributed by atoms with Gasteiger partial charge in [-0.25, -0.2) is 0 Å². The average molecular weight is 1180 g/mol. The summed E-state index contributed by atoms with van der Waals surface area (Å²) in [5.41, 5.74) is 0. The van der Waals surface area contributed by atoms with Crippen molar-refractivity contribution in [3.8, 4) is 0 Å². The van der Waals surface area contributed by atoms with Crippen LogP contribution in [-0.2, 0) is 32.7 Å². The van der Waals surface area contributed by atoms with Crippen LogP contribution < -0.4 is 4.89 Å². The Labute approximate surface area is 514 Å². The number of hydrogen-bond acceptors (Lipinski definition) is 8. The Kier molecular flexibility index (Phi) is 59.0. The Bertz CT molecular complexity index is 2070. The van der Waals surface area contributed by atoms with Crippen molar-refractivity contribution in [2.45, 2.75) is 225 Å². The van der Waals surface area contributed by atoms with E-state index in [9.17, 15) is 19.0 Å². The van der Waals surface area contributed by atoms with Crippen LogP contribution in [0.5, 0.6) is 0 Å². The summed E-state index contributed by atoms with van der Waals surface area (Å²) in [6, 6.07) is 0. The number of esters is 2. The average Bonchev–Trinajstić information content (AvgIpc) is 3.61. The highest BCUT2D eigenvalue weighted by molar-refractivity contribution is 7.45. The highest BCUT2D eigenvalue weighted by Gasteiger charge is 2.22. The molecule has 2 atom stereocenters. The number of ether oxygens (including phenoxy) is 2. The first-order chi connectivity index (χ1) is 41.0. The van der Waals surface area contributed by atoms with Crippen LogP contribution >= 0.6 is 7.82 Å². The van der Waals surface area contributed by atoms with E-state index >= 15 is 0 Å². The fraction of sp³-hybridized carbons (Fsp3) is 0.568. The van der Waals surface area contributed by atoms with Gasteiger partial charge in [0.1, 0.15) is 19.8 Å². The van der Waals surface area contributed by atoms with Crippen LogP contribution in [0.2, 0.25) is 0 Å². The zero-order valence-electron chi connectivity index (χ0n) is 53.5. The van der Waals surface area contributed by atoms with Crippen molar-refractivity contribution >= 4 is 19.8 Å². The molecule has 0 spiro atoms. The van der Waals surface area contributed by atoms with E-state index in [1.807, 2.05) is 21.1 Å². The highest BCUT2D eigenvalue weighted by Crippen LogP contribution is 2.38. The third kappa shape index (κ3) is 66.3. The van der Waals surface area contributed by atoms with Gasteiger partial charge in [-0.1, -0.05) is 254 Å². The second kappa shape index (κ2) is 62.6. The second-order valence-corrected chi connectivity index (χ2v) is 23.4.